The highest BCUT2D eigenvalue weighted by atomic mass is 19.1. The number of alkyl halides is 1. The maximum absolute atomic E-state index is 15.3. The lowest BCUT2D eigenvalue weighted by molar-refractivity contribution is -0.0673. The summed E-state index contributed by atoms with van der Waals surface area (Å²) < 4.78 is 34.5. The first-order valence-electron chi connectivity index (χ1n) is 9.74. The minimum Gasteiger partial charge on any atom is -0.382 e. The molecule has 0 amide bonds. The number of hydrogen-bond acceptors (Lipinski definition) is 6. The first-order valence-corrected chi connectivity index (χ1v) is 9.74. The van der Waals surface area contributed by atoms with Crippen LogP contribution in [0.5, 0.6) is 0 Å². The molecular formula is C19H29FN4O3. The van der Waals surface area contributed by atoms with Gasteiger partial charge in [0.2, 0.25) is 0 Å². The van der Waals surface area contributed by atoms with E-state index in [0.29, 0.717) is 36.8 Å². The van der Waals surface area contributed by atoms with Crippen molar-refractivity contribution in [2.45, 2.75) is 64.0 Å². The van der Waals surface area contributed by atoms with Crippen molar-refractivity contribution < 1.29 is 18.6 Å². The van der Waals surface area contributed by atoms with E-state index in [4.69, 9.17) is 19.9 Å². The Bertz CT molecular complexity index is 726. The summed E-state index contributed by atoms with van der Waals surface area (Å²) >= 11 is 0. The third kappa shape index (κ3) is 4.39. The van der Waals surface area contributed by atoms with Crippen molar-refractivity contribution in [1.82, 2.24) is 14.6 Å². The van der Waals surface area contributed by atoms with Gasteiger partial charge in [-0.25, -0.2) is 13.9 Å². The zero-order chi connectivity index (χ0) is 19.2. The molecule has 0 radical (unpaired) electrons. The molecule has 0 spiro atoms. The number of ether oxygens (including phenoxy) is 3. The summed E-state index contributed by atoms with van der Waals surface area (Å²) in [6.07, 6.45) is 2.04. The summed E-state index contributed by atoms with van der Waals surface area (Å²) in [5.74, 6) is 0.347. The van der Waals surface area contributed by atoms with Crippen molar-refractivity contribution in [3.63, 3.8) is 0 Å². The van der Waals surface area contributed by atoms with Gasteiger partial charge in [0.15, 0.2) is 12.0 Å². The monoisotopic (exact) mass is 380 g/mol. The highest BCUT2D eigenvalue weighted by Gasteiger charge is 2.47. The predicted molar refractivity (Wildman–Crippen MR) is 100 cm³/mol. The quantitative estimate of drug-likeness (QED) is 0.638. The van der Waals surface area contributed by atoms with Crippen LogP contribution in [0.2, 0.25) is 0 Å². The Morgan fingerprint density at radius 2 is 2.00 bits per heavy atom. The van der Waals surface area contributed by atoms with Crippen LogP contribution in [0.25, 0.3) is 5.52 Å². The highest BCUT2D eigenvalue weighted by molar-refractivity contribution is 5.65. The normalized spacial score (nSPS) is 25.4. The molecule has 0 saturated carbocycles. The molecule has 1 aliphatic heterocycles. The first kappa shape index (κ1) is 20.0. The molecule has 3 rings (SSSR count). The second-order valence-corrected chi connectivity index (χ2v) is 6.86. The summed E-state index contributed by atoms with van der Waals surface area (Å²) in [6, 6.07) is 3.56. The van der Waals surface area contributed by atoms with Crippen LogP contribution >= 0.6 is 0 Å². The van der Waals surface area contributed by atoms with Crippen LogP contribution in [0.15, 0.2) is 18.5 Å². The Hall–Kier alpha value is -1.77. The molecular weight excluding hydrogens is 351 g/mol. The largest absolute Gasteiger partial charge is 0.382 e. The van der Waals surface area contributed by atoms with Crippen LogP contribution in [0.1, 0.15) is 51.3 Å². The van der Waals surface area contributed by atoms with Gasteiger partial charge in [0.05, 0.1) is 12.3 Å². The number of nitrogen functional groups attached to an aromatic ring is 1. The van der Waals surface area contributed by atoms with E-state index in [2.05, 4.69) is 23.9 Å². The lowest BCUT2D eigenvalue weighted by atomic mass is 10.1. The molecule has 150 valence electrons. The van der Waals surface area contributed by atoms with Gasteiger partial charge in [-0.1, -0.05) is 26.7 Å². The molecule has 4 atom stereocenters. The zero-order valence-electron chi connectivity index (χ0n) is 16.0. The zero-order valence-corrected chi connectivity index (χ0v) is 16.0. The van der Waals surface area contributed by atoms with E-state index in [1.807, 2.05) is 0 Å². The lowest BCUT2D eigenvalue weighted by Crippen LogP contribution is -2.34. The molecule has 1 saturated heterocycles. The standard InChI is InChI=1S/C19H29FN4O3/c1-3-5-9-25-11-15-18(26-10-6-4-2)16(20)17(27-15)13-7-8-14-19(21)22-12-23-24(13)14/h7-8,12,15-18H,3-6,9-11H2,1-2H3,(H2,21,22,23)/t15-,16+,17+,18-/m1/s1. The van der Waals surface area contributed by atoms with E-state index in [-0.39, 0.29) is 0 Å². The van der Waals surface area contributed by atoms with E-state index in [1.165, 1.54) is 6.33 Å². The smallest absolute Gasteiger partial charge is 0.160 e. The van der Waals surface area contributed by atoms with Crippen LogP contribution in [0.4, 0.5) is 10.2 Å². The lowest BCUT2D eigenvalue weighted by Gasteiger charge is -2.20. The van der Waals surface area contributed by atoms with E-state index in [9.17, 15) is 0 Å². The molecule has 2 N–H and O–H groups in total. The molecule has 1 fully saturated rings. The van der Waals surface area contributed by atoms with Crippen molar-refractivity contribution in [2.24, 2.45) is 0 Å². The van der Waals surface area contributed by atoms with Crippen LogP contribution in [0.3, 0.4) is 0 Å². The number of unbranched alkanes of at least 4 members (excludes halogenated alkanes) is 2. The van der Waals surface area contributed by atoms with Gasteiger partial charge in [0, 0.05) is 13.2 Å². The molecule has 7 nitrogen and oxygen atoms in total. The number of nitrogens with zero attached hydrogens (tertiary/aromatic N) is 3. The Kier molecular flexibility index (Phi) is 6.98. The van der Waals surface area contributed by atoms with Crippen LogP contribution in [-0.2, 0) is 14.2 Å². The van der Waals surface area contributed by atoms with E-state index >= 15 is 4.39 Å². The third-order valence-corrected chi connectivity index (χ3v) is 4.83. The maximum Gasteiger partial charge on any atom is 0.160 e. The van der Waals surface area contributed by atoms with Gasteiger partial charge in [-0.05, 0) is 25.0 Å². The fraction of sp³-hybridized carbons (Fsp3) is 0.684. The van der Waals surface area contributed by atoms with E-state index < -0.39 is 24.5 Å². The predicted octanol–water partition coefficient (Wildman–Crippen LogP) is 3.09. The fourth-order valence-electron chi connectivity index (χ4n) is 3.28. The summed E-state index contributed by atoms with van der Waals surface area (Å²) in [5, 5.41) is 4.20. The molecule has 3 heterocycles. The number of aromatic nitrogens is 3. The van der Waals surface area contributed by atoms with Crippen molar-refractivity contribution in [1.29, 1.82) is 0 Å². The molecule has 0 aromatic carbocycles. The Balaban J connectivity index is 1.77. The van der Waals surface area contributed by atoms with Crippen molar-refractivity contribution in [3.8, 4) is 0 Å². The Morgan fingerprint density at radius 1 is 1.22 bits per heavy atom. The van der Waals surface area contributed by atoms with Gasteiger partial charge in [-0.2, -0.15) is 5.10 Å². The number of rotatable bonds is 10. The molecule has 0 bridgehead atoms. The molecule has 2 aromatic rings. The van der Waals surface area contributed by atoms with Gasteiger partial charge in [-0.3, -0.25) is 0 Å². The van der Waals surface area contributed by atoms with Crippen molar-refractivity contribution in [3.05, 3.63) is 24.2 Å². The second-order valence-electron chi connectivity index (χ2n) is 6.86. The van der Waals surface area contributed by atoms with Gasteiger partial charge >= 0.3 is 0 Å². The maximum atomic E-state index is 15.3. The SMILES string of the molecule is CCCCOC[C@H]1O[C@@H](c2ccc3c(N)ncnn23)[C@H](F)[C@@H]1OCCCC. The van der Waals surface area contributed by atoms with Crippen LogP contribution < -0.4 is 5.73 Å². The second kappa shape index (κ2) is 9.43. The van der Waals surface area contributed by atoms with Crippen LogP contribution in [-0.4, -0.2) is 52.8 Å². The first-order chi connectivity index (χ1) is 13.2. The van der Waals surface area contributed by atoms with Gasteiger partial charge in [0.25, 0.3) is 0 Å². The van der Waals surface area contributed by atoms with Gasteiger partial charge in [-0.15, -0.1) is 0 Å². The van der Waals surface area contributed by atoms with E-state index in [0.717, 1.165) is 25.7 Å². The molecule has 27 heavy (non-hydrogen) atoms. The Morgan fingerprint density at radius 3 is 2.78 bits per heavy atom. The number of fused-ring (bicyclic) bond motifs is 1. The average molecular weight is 380 g/mol. The minimum absolute atomic E-state index is 0.314. The molecule has 0 aliphatic carbocycles. The van der Waals surface area contributed by atoms with Crippen molar-refractivity contribution in [2.75, 3.05) is 25.6 Å². The molecule has 1 aliphatic rings. The number of hydrogen-bond donors (Lipinski definition) is 1. The summed E-state index contributed by atoms with van der Waals surface area (Å²) in [7, 11) is 0. The van der Waals surface area contributed by atoms with Gasteiger partial charge < -0.3 is 19.9 Å². The Labute approximate surface area is 159 Å². The van der Waals surface area contributed by atoms with Gasteiger partial charge in [0.1, 0.15) is 30.2 Å². The number of nitrogens with two attached hydrogens (primary N) is 1. The number of halogens is 1. The molecule has 0 unspecified atom stereocenters. The summed E-state index contributed by atoms with van der Waals surface area (Å²) in [4.78, 5) is 3.97. The van der Waals surface area contributed by atoms with Crippen LogP contribution in [0, 0.1) is 0 Å². The summed E-state index contributed by atoms with van der Waals surface area (Å²) in [5.41, 5.74) is 7.12. The average Bonchev–Trinajstić information content (AvgIpc) is 3.22. The molecule has 8 heteroatoms. The molecule has 2 aromatic heterocycles. The van der Waals surface area contributed by atoms with Crippen molar-refractivity contribution >= 4 is 11.3 Å². The summed E-state index contributed by atoms with van der Waals surface area (Å²) in [6.45, 7) is 5.64. The van der Waals surface area contributed by atoms with E-state index in [1.54, 1.807) is 16.6 Å². The number of anilines is 1. The minimum atomic E-state index is -1.31. The fourth-order valence-corrected chi connectivity index (χ4v) is 3.28. The highest BCUT2D eigenvalue weighted by Crippen LogP contribution is 2.38. The topological polar surface area (TPSA) is 83.9 Å². The third-order valence-electron chi connectivity index (χ3n) is 4.83.